The number of benzene rings is 3. The lowest BCUT2D eigenvalue weighted by Gasteiger charge is -2.11. The predicted octanol–water partition coefficient (Wildman–Crippen LogP) is 6.36. The lowest BCUT2D eigenvalue weighted by Crippen LogP contribution is -1.98. The van der Waals surface area contributed by atoms with Gasteiger partial charge in [0.15, 0.2) is 0 Å². The van der Waals surface area contributed by atoms with Gasteiger partial charge in [-0.1, -0.05) is 64.7 Å². The Morgan fingerprint density at radius 3 is 1.74 bits per heavy atom. The van der Waals surface area contributed by atoms with Crippen LogP contribution >= 0.6 is 0 Å². The summed E-state index contributed by atoms with van der Waals surface area (Å²) in [7, 11) is 0. The molecule has 1 aromatic heterocycles. The number of rotatable bonds is 2. The third kappa shape index (κ3) is 3.43. The van der Waals surface area contributed by atoms with E-state index < -0.39 is 0 Å². The molecule has 1 heterocycles. The van der Waals surface area contributed by atoms with Crippen molar-refractivity contribution < 1.29 is 4.42 Å². The van der Waals surface area contributed by atoms with Crippen LogP contribution in [0.2, 0.25) is 0 Å². The van der Waals surface area contributed by atoms with Crippen LogP contribution < -0.4 is 5.63 Å². The summed E-state index contributed by atoms with van der Waals surface area (Å²) in [6.45, 7) is 8.37. The van der Waals surface area contributed by atoms with Gasteiger partial charge in [0.25, 0.3) is 0 Å². The van der Waals surface area contributed by atoms with Gasteiger partial charge in [-0.15, -0.1) is 0 Å². The molecule has 0 spiro atoms. The molecule has 0 aliphatic rings. The van der Waals surface area contributed by atoms with Gasteiger partial charge >= 0.3 is 5.63 Å². The molecule has 3 aromatic carbocycles. The molecule has 0 fully saturated rings. The second kappa shape index (κ2) is 6.55. The highest BCUT2D eigenvalue weighted by atomic mass is 16.4. The predicted molar refractivity (Wildman–Crippen MR) is 112 cm³/mol. The molecule has 4 rings (SSSR count). The molecule has 2 nitrogen and oxygen atoms in total. The Hall–Kier alpha value is -3.13. The van der Waals surface area contributed by atoms with Crippen LogP contribution in [0.4, 0.5) is 0 Å². The number of aryl methyl sites for hydroxylation is 4. The van der Waals surface area contributed by atoms with Gasteiger partial charge in [-0.2, -0.15) is 0 Å². The number of hydrogen-bond donors (Lipinski definition) is 0. The fourth-order valence-electron chi connectivity index (χ4n) is 3.85. The van der Waals surface area contributed by atoms with Crippen molar-refractivity contribution in [2.24, 2.45) is 0 Å². The lowest BCUT2D eigenvalue weighted by molar-refractivity contribution is 0.561. The third-order valence-corrected chi connectivity index (χ3v) is 4.83. The van der Waals surface area contributed by atoms with Crippen molar-refractivity contribution in [2.75, 3.05) is 0 Å². The van der Waals surface area contributed by atoms with E-state index in [0.29, 0.717) is 5.58 Å². The largest absolute Gasteiger partial charge is 0.423 e. The Morgan fingerprint density at radius 1 is 0.593 bits per heavy atom. The van der Waals surface area contributed by atoms with Crippen LogP contribution in [0.1, 0.15) is 22.3 Å². The minimum Gasteiger partial charge on any atom is -0.423 e. The number of hydrogen-bond acceptors (Lipinski definition) is 2. The second-order valence-electron chi connectivity index (χ2n) is 7.44. The van der Waals surface area contributed by atoms with Crippen molar-refractivity contribution in [1.29, 1.82) is 0 Å². The standard InChI is InChI=1S/C25H22O2/c1-15-7-16(2)10-20(9-15)19-5-6-24-23(13-19)22(14-25(26)27-24)21-11-17(3)8-18(4)12-21/h5-14H,1-4H3. The van der Waals surface area contributed by atoms with Crippen LogP contribution in [0.5, 0.6) is 0 Å². The average molecular weight is 354 g/mol. The Kier molecular flexibility index (Phi) is 4.19. The van der Waals surface area contributed by atoms with E-state index in [4.69, 9.17) is 4.42 Å². The maximum Gasteiger partial charge on any atom is 0.336 e. The van der Waals surface area contributed by atoms with Crippen molar-refractivity contribution in [1.82, 2.24) is 0 Å². The first-order chi connectivity index (χ1) is 12.9. The summed E-state index contributed by atoms with van der Waals surface area (Å²) in [6, 6.07) is 20.5. The molecule has 4 aromatic rings. The summed E-state index contributed by atoms with van der Waals surface area (Å²) in [5, 5.41) is 0.955. The van der Waals surface area contributed by atoms with E-state index in [0.717, 1.165) is 22.1 Å². The summed E-state index contributed by atoms with van der Waals surface area (Å²) in [4.78, 5) is 12.1. The zero-order chi connectivity index (χ0) is 19.1. The molecule has 27 heavy (non-hydrogen) atoms. The topological polar surface area (TPSA) is 30.2 Å². The Labute approximate surface area is 159 Å². The maximum absolute atomic E-state index is 12.1. The van der Waals surface area contributed by atoms with Crippen molar-refractivity contribution >= 4 is 11.0 Å². The molecule has 0 aliphatic heterocycles. The van der Waals surface area contributed by atoms with Crippen LogP contribution in [0, 0.1) is 27.7 Å². The molecule has 0 saturated heterocycles. The van der Waals surface area contributed by atoms with E-state index in [2.05, 4.69) is 70.2 Å². The Balaban J connectivity index is 2.00. The zero-order valence-electron chi connectivity index (χ0n) is 16.1. The highest BCUT2D eigenvalue weighted by molar-refractivity contribution is 5.96. The van der Waals surface area contributed by atoms with Gasteiger partial charge in [-0.25, -0.2) is 4.79 Å². The lowest BCUT2D eigenvalue weighted by atomic mass is 9.95. The van der Waals surface area contributed by atoms with E-state index in [1.165, 1.54) is 27.8 Å². The summed E-state index contributed by atoms with van der Waals surface area (Å²) >= 11 is 0. The zero-order valence-corrected chi connectivity index (χ0v) is 16.1. The van der Waals surface area contributed by atoms with Gasteiger partial charge in [0, 0.05) is 11.5 Å². The Bertz CT molecular complexity index is 1190. The van der Waals surface area contributed by atoms with Gasteiger partial charge in [0.2, 0.25) is 0 Å². The summed E-state index contributed by atoms with van der Waals surface area (Å²) in [5.74, 6) is 0. The van der Waals surface area contributed by atoms with Crippen LogP contribution in [0.15, 0.2) is 69.9 Å². The minimum atomic E-state index is -0.323. The van der Waals surface area contributed by atoms with E-state index in [1.54, 1.807) is 6.07 Å². The quantitative estimate of drug-likeness (QED) is 0.392. The van der Waals surface area contributed by atoms with E-state index in [-0.39, 0.29) is 5.63 Å². The van der Waals surface area contributed by atoms with Crippen molar-refractivity contribution in [2.45, 2.75) is 27.7 Å². The minimum absolute atomic E-state index is 0.323. The van der Waals surface area contributed by atoms with Gasteiger partial charge in [0.1, 0.15) is 5.58 Å². The molecular weight excluding hydrogens is 332 g/mol. The van der Waals surface area contributed by atoms with Gasteiger partial charge < -0.3 is 4.42 Å². The van der Waals surface area contributed by atoms with Crippen LogP contribution in [0.3, 0.4) is 0 Å². The SMILES string of the molecule is Cc1cc(C)cc(-c2ccc3oc(=O)cc(-c4cc(C)cc(C)c4)c3c2)c1. The summed E-state index contributed by atoms with van der Waals surface area (Å²) < 4.78 is 5.47. The molecule has 0 bridgehead atoms. The maximum atomic E-state index is 12.1. The molecule has 0 unspecified atom stereocenters. The monoisotopic (exact) mass is 354 g/mol. The molecule has 0 amide bonds. The van der Waals surface area contributed by atoms with Crippen molar-refractivity contribution in [3.63, 3.8) is 0 Å². The molecule has 0 aliphatic carbocycles. The Morgan fingerprint density at radius 2 is 1.15 bits per heavy atom. The van der Waals surface area contributed by atoms with Crippen LogP contribution in [0.25, 0.3) is 33.2 Å². The summed E-state index contributed by atoms with van der Waals surface area (Å²) in [5.41, 5.74) is 9.37. The molecule has 2 heteroatoms. The molecule has 0 saturated carbocycles. The summed E-state index contributed by atoms with van der Waals surface area (Å²) in [6.07, 6.45) is 0. The first-order valence-corrected chi connectivity index (χ1v) is 9.14. The highest BCUT2D eigenvalue weighted by Gasteiger charge is 2.11. The fraction of sp³-hybridized carbons (Fsp3) is 0.160. The molecular formula is C25H22O2. The second-order valence-corrected chi connectivity index (χ2v) is 7.44. The van der Waals surface area contributed by atoms with Gasteiger partial charge in [-0.05, 0) is 62.1 Å². The first kappa shape index (κ1) is 17.3. The van der Waals surface area contributed by atoms with Crippen LogP contribution in [-0.4, -0.2) is 0 Å². The fourth-order valence-corrected chi connectivity index (χ4v) is 3.85. The van der Waals surface area contributed by atoms with Crippen molar-refractivity contribution in [3.8, 4) is 22.3 Å². The molecule has 0 atom stereocenters. The molecule has 134 valence electrons. The number of fused-ring (bicyclic) bond motifs is 1. The van der Waals surface area contributed by atoms with Gasteiger partial charge in [0.05, 0.1) is 0 Å². The molecule has 0 N–H and O–H groups in total. The highest BCUT2D eigenvalue weighted by Crippen LogP contribution is 2.32. The normalized spacial score (nSPS) is 11.1. The third-order valence-electron chi connectivity index (χ3n) is 4.83. The van der Waals surface area contributed by atoms with Gasteiger partial charge in [-0.3, -0.25) is 0 Å². The van der Waals surface area contributed by atoms with Crippen molar-refractivity contribution in [3.05, 3.63) is 93.3 Å². The first-order valence-electron chi connectivity index (χ1n) is 9.14. The van der Waals surface area contributed by atoms with E-state index >= 15 is 0 Å². The molecule has 0 radical (unpaired) electrons. The van der Waals surface area contributed by atoms with Crippen LogP contribution in [-0.2, 0) is 0 Å². The average Bonchev–Trinajstić information content (AvgIpc) is 2.59. The van der Waals surface area contributed by atoms with E-state index in [9.17, 15) is 4.79 Å². The smallest absolute Gasteiger partial charge is 0.336 e. The van der Waals surface area contributed by atoms with E-state index in [1.807, 2.05) is 12.1 Å².